The number of aromatic amines is 1. The molecule has 0 saturated carbocycles. The van der Waals surface area contributed by atoms with Gasteiger partial charge in [-0.15, -0.1) is 0 Å². The molecular weight excluding hydrogens is 846 g/mol. The van der Waals surface area contributed by atoms with Crippen molar-refractivity contribution in [3.63, 3.8) is 0 Å². The molecule has 0 aliphatic carbocycles. The van der Waals surface area contributed by atoms with Gasteiger partial charge in [-0.2, -0.15) is 0 Å². The summed E-state index contributed by atoms with van der Waals surface area (Å²) in [5.41, 5.74) is 9.36. The summed E-state index contributed by atoms with van der Waals surface area (Å²) < 4.78 is 25.9. The van der Waals surface area contributed by atoms with E-state index in [1.807, 2.05) is 165 Å². The summed E-state index contributed by atoms with van der Waals surface area (Å²) in [6, 6.07) is 43.9. The molecule has 1 aromatic heterocycles. The highest BCUT2D eigenvalue weighted by Gasteiger charge is 2.30. The lowest BCUT2D eigenvalue weighted by molar-refractivity contribution is 0.0907. The molecule has 0 bridgehead atoms. The number of hydrogen-bond donors (Lipinski definition) is 5. The van der Waals surface area contributed by atoms with E-state index in [-0.39, 0.29) is 37.0 Å². The van der Waals surface area contributed by atoms with Gasteiger partial charge in [-0.3, -0.25) is 9.59 Å². The minimum Gasteiger partial charge on any atom is -0.445 e. The van der Waals surface area contributed by atoms with Crippen LogP contribution in [-0.2, 0) is 44.8 Å². The number of carbonyl (C=O) groups is 3. The quantitative estimate of drug-likeness (QED) is 0.0762. The van der Waals surface area contributed by atoms with Crippen LogP contribution in [0.25, 0.3) is 21.8 Å². The molecule has 0 unspecified atom stereocenters. The highest BCUT2D eigenvalue weighted by Crippen LogP contribution is 2.29. The third-order valence-electron chi connectivity index (χ3n) is 11.4. The molecule has 0 radical (unpaired) electrons. The number of rotatable bonds is 12. The first-order valence-corrected chi connectivity index (χ1v) is 21.7. The number of halogens is 1. The van der Waals surface area contributed by atoms with Gasteiger partial charge < -0.3 is 36.1 Å². The predicted octanol–water partition coefficient (Wildman–Crippen LogP) is 11.3. The Balaban J connectivity index is 0.000000287. The summed E-state index contributed by atoms with van der Waals surface area (Å²) in [6.07, 6.45) is -0.999. The minimum atomic E-state index is -0.908. The maximum atomic E-state index is 15.2. The van der Waals surface area contributed by atoms with E-state index in [0.717, 1.165) is 39.4 Å². The molecule has 6 N–H and O–H groups in total. The number of hydrogen-bond acceptors (Lipinski definition) is 7. The lowest BCUT2D eigenvalue weighted by Gasteiger charge is -2.31. The largest absolute Gasteiger partial charge is 0.445 e. The standard InChI is InChI=1S/C34H32FN3O4.C20H26N2O2.CH4/c1-33(2,22-13-10-14-23(17-22)34(3,4)38-32(41)42-20-21-11-6-5-7-12-21)37-31(40)25-19-29-26(18-27(25)35)30(39)24-15-8-9-16-28(24)36-29;1-19(2,21)16-11-8-12-17(13-16)20(3,4)22-18(23)24-14-15-9-6-5-7-10-15;/h5-19H,20H2,1-4H3,(H,36,39)(H,37,40)(H,38,41);5-13H,14,21H2,1-4H3,(H,22,23);1H4. The van der Waals surface area contributed by atoms with Crippen LogP contribution in [0.5, 0.6) is 0 Å². The van der Waals surface area contributed by atoms with E-state index >= 15 is 4.39 Å². The first kappa shape index (κ1) is 50.7. The molecule has 0 fully saturated rings. The van der Waals surface area contributed by atoms with Gasteiger partial charge in [0.05, 0.1) is 27.7 Å². The molecule has 7 aromatic rings. The Bertz CT molecular complexity index is 2910. The molecule has 0 aliphatic rings. The second-order valence-electron chi connectivity index (χ2n) is 18.5. The smallest absolute Gasteiger partial charge is 0.408 e. The van der Waals surface area contributed by atoms with Crippen LogP contribution < -0.4 is 27.1 Å². The zero-order chi connectivity index (χ0) is 47.9. The van der Waals surface area contributed by atoms with Gasteiger partial charge in [0.2, 0.25) is 0 Å². The fraction of sp³-hybridized carbons (Fsp3) is 0.273. The number of nitrogens with two attached hydrogens (primary N) is 1. The maximum absolute atomic E-state index is 15.2. The lowest BCUT2D eigenvalue weighted by Crippen LogP contribution is -2.43. The first-order valence-electron chi connectivity index (χ1n) is 21.7. The Hall–Kier alpha value is -7.31. The SMILES string of the molecule is C.CC(C)(N)c1cccc(C(C)(C)NC(=O)OCc2ccccc2)c1.CC(C)(NC(=O)OCc1ccccc1)c1cccc(C(C)(C)NC(=O)c2cc3[nH]c4ccccc4c(=O)c3cc2F)c1. The number of H-pyrrole nitrogens is 1. The number of pyridine rings is 1. The molecule has 6 aromatic carbocycles. The molecule has 0 spiro atoms. The summed E-state index contributed by atoms with van der Waals surface area (Å²) >= 11 is 0. The van der Waals surface area contributed by atoms with Crippen LogP contribution in [0.1, 0.15) is 107 Å². The van der Waals surface area contributed by atoms with Crippen molar-refractivity contribution in [2.24, 2.45) is 5.73 Å². The summed E-state index contributed by atoms with van der Waals surface area (Å²) in [4.78, 5) is 54.1. The minimum absolute atomic E-state index is 0. The van der Waals surface area contributed by atoms with E-state index in [9.17, 15) is 19.2 Å². The number of aromatic nitrogens is 1. The van der Waals surface area contributed by atoms with E-state index < -0.39 is 46.1 Å². The first-order chi connectivity index (χ1) is 31.1. The highest BCUT2D eigenvalue weighted by molar-refractivity contribution is 6.00. The van der Waals surface area contributed by atoms with Gasteiger partial charge in [0.25, 0.3) is 5.91 Å². The molecular formula is C55H62FN5O6. The van der Waals surface area contributed by atoms with Gasteiger partial charge in [0.15, 0.2) is 5.43 Å². The number of amides is 3. The van der Waals surface area contributed by atoms with Gasteiger partial charge in [-0.1, -0.05) is 129 Å². The Morgan fingerprint density at radius 3 is 1.46 bits per heavy atom. The summed E-state index contributed by atoms with van der Waals surface area (Å²) in [5.74, 6) is -1.41. The Kier molecular flexibility index (Phi) is 15.8. The van der Waals surface area contributed by atoms with Crippen molar-refractivity contribution in [1.29, 1.82) is 0 Å². The number of ether oxygens (including phenoxy) is 2. The van der Waals surface area contributed by atoms with E-state index in [0.29, 0.717) is 16.4 Å². The third kappa shape index (κ3) is 12.9. The summed E-state index contributed by atoms with van der Waals surface area (Å²) in [7, 11) is 0. The molecule has 0 saturated heterocycles. The van der Waals surface area contributed by atoms with Crippen molar-refractivity contribution in [3.05, 3.63) is 201 Å². The topological polar surface area (TPSA) is 165 Å². The molecule has 7 rings (SSSR count). The number of nitrogens with one attached hydrogen (secondary N) is 4. The van der Waals surface area contributed by atoms with E-state index in [1.54, 1.807) is 24.3 Å². The van der Waals surface area contributed by atoms with Gasteiger partial charge in [-0.05, 0) is 113 Å². The van der Waals surface area contributed by atoms with Gasteiger partial charge in [0.1, 0.15) is 19.0 Å². The van der Waals surface area contributed by atoms with Crippen LogP contribution in [0.2, 0.25) is 0 Å². The molecule has 3 amide bonds. The average Bonchev–Trinajstić information content (AvgIpc) is 3.28. The van der Waals surface area contributed by atoms with Gasteiger partial charge >= 0.3 is 12.2 Å². The van der Waals surface area contributed by atoms with E-state index in [4.69, 9.17) is 15.2 Å². The molecule has 12 heteroatoms. The van der Waals surface area contributed by atoms with Crippen molar-refractivity contribution in [2.45, 2.75) is 98.2 Å². The van der Waals surface area contributed by atoms with Crippen LogP contribution >= 0.6 is 0 Å². The highest BCUT2D eigenvalue weighted by atomic mass is 19.1. The number of fused-ring (bicyclic) bond motifs is 2. The third-order valence-corrected chi connectivity index (χ3v) is 11.4. The summed E-state index contributed by atoms with van der Waals surface area (Å²) in [6.45, 7) is 15.5. The number of carbonyl (C=O) groups excluding carboxylic acids is 3. The average molecular weight is 908 g/mol. The van der Waals surface area contributed by atoms with Crippen LogP contribution in [-0.4, -0.2) is 23.1 Å². The number of alkyl carbamates (subject to hydrolysis) is 2. The van der Waals surface area contributed by atoms with Crippen molar-refractivity contribution in [1.82, 2.24) is 20.9 Å². The van der Waals surface area contributed by atoms with Crippen LogP contribution in [0.4, 0.5) is 14.0 Å². The van der Waals surface area contributed by atoms with Crippen LogP contribution in [0.3, 0.4) is 0 Å². The number of benzene rings is 6. The second-order valence-corrected chi connectivity index (χ2v) is 18.5. The van der Waals surface area contributed by atoms with E-state index in [2.05, 4.69) is 20.9 Å². The molecule has 350 valence electrons. The van der Waals surface area contributed by atoms with Crippen LogP contribution in [0, 0.1) is 5.82 Å². The lowest BCUT2D eigenvalue weighted by atomic mass is 9.87. The Labute approximate surface area is 392 Å². The monoisotopic (exact) mass is 907 g/mol. The zero-order valence-electron chi connectivity index (χ0n) is 38.7. The van der Waals surface area contributed by atoms with Crippen molar-refractivity contribution >= 4 is 39.9 Å². The predicted molar refractivity (Wildman–Crippen MR) is 265 cm³/mol. The Morgan fingerprint density at radius 1 is 0.537 bits per heavy atom. The maximum Gasteiger partial charge on any atom is 0.408 e. The zero-order valence-corrected chi connectivity index (χ0v) is 38.7. The number of para-hydroxylation sites is 1. The van der Waals surface area contributed by atoms with Crippen molar-refractivity contribution in [2.75, 3.05) is 0 Å². The van der Waals surface area contributed by atoms with Gasteiger partial charge in [-0.25, -0.2) is 14.0 Å². The molecule has 11 nitrogen and oxygen atoms in total. The van der Waals surface area contributed by atoms with Crippen LogP contribution in [0.15, 0.2) is 150 Å². The Morgan fingerprint density at radius 2 is 0.970 bits per heavy atom. The fourth-order valence-electron chi connectivity index (χ4n) is 7.32. The van der Waals surface area contributed by atoms with E-state index in [1.165, 1.54) is 6.07 Å². The second kappa shape index (κ2) is 20.9. The normalized spacial score (nSPS) is 11.7. The van der Waals surface area contributed by atoms with Crippen molar-refractivity contribution in [3.8, 4) is 0 Å². The fourth-order valence-corrected chi connectivity index (χ4v) is 7.32. The molecule has 0 aliphatic heterocycles. The van der Waals surface area contributed by atoms with Gasteiger partial charge in [0, 0.05) is 21.8 Å². The van der Waals surface area contributed by atoms with Crippen molar-refractivity contribution < 1.29 is 28.2 Å². The molecule has 0 atom stereocenters. The summed E-state index contributed by atoms with van der Waals surface area (Å²) in [5, 5.41) is 9.36. The molecule has 67 heavy (non-hydrogen) atoms. The molecule has 1 heterocycles.